The van der Waals surface area contributed by atoms with E-state index in [0.717, 1.165) is 18.2 Å². The number of terminal acetylenes is 1. The Hall–Kier alpha value is -1.46. The van der Waals surface area contributed by atoms with Gasteiger partial charge in [-0.2, -0.15) is 0 Å². The molecule has 1 aromatic rings. The van der Waals surface area contributed by atoms with Crippen LogP contribution >= 0.6 is 0 Å². The van der Waals surface area contributed by atoms with Gasteiger partial charge >= 0.3 is 0 Å². The highest BCUT2D eigenvalue weighted by Gasteiger charge is 2.18. The first-order chi connectivity index (χ1) is 10.3. The maximum absolute atomic E-state index is 5.61. The lowest BCUT2D eigenvalue weighted by molar-refractivity contribution is 0.330. The van der Waals surface area contributed by atoms with Crippen LogP contribution in [0.4, 0.5) is 0 Å². The molecule has 0 radical (unpaired) electrons. The number of nitrogens with one attached hydrogen (secondary N) is 1. The molecule has 0 unspecified atom stereocenters. The fourth-order valence-corrected chi connectivity index (χ4v) is 3.16. The van der Waals surface area contributed by atoms with E-state index < -0.39 is 0 Å². The third kappa shape index (κ3) is 5.10. The quantitative estimate of drug-likeness (QED) is 0.626. The normalized spacial score (nSPS) is 17.7. The Morgan fingerprint density at radius 2 is 1.95 bits per heavy atom. The van der Waals surface area contributed by atoms with Gasteiger partial charge < -0.3 is 10.1 Å². The highest BCUT2D eigenvalue weighted by Crippen LogP contribution is 2.26. The minimum atomic E-state index is 0.329. The molecule has 1 atom stereocenters. The minimum absolute atomic E-state index is 0.329. The van der Waals surface area contributed by atoms with Gasteiger partial charge in [-0.3, -0.25) is 0 Å². The monoisotopic (exact) mass is 285 g/mol. The summed E-state index contributed by atoms with van der Waals surface area (Å²) in [6.07, 6.45) is 13.6. The number of hydrogen-bond donors (Lipinski definition) is 1. The molecule has 1 aromatic carbocycles. The number of ether oxygens (including phenoxy) is 1. The van der Waals surface area contributed by atoms with Crippen molar-refractivity contribution in [2.24, 2.45) is 5.92 Å². The predicted octanol–water partition coefficient (Wildman–Crippen LogP) is 4.15. The third-order valence-electron chi connectivity index (χ3n) is 4.51. The Bertz CT molecular complexity index is 455. The standard InChI is InChI=1S/C19H27NO/c1-3-14-21-19-13-9-8-12-18(19)15-20-16(2)17-10-6-4-5-7-11-17/h1,8-9,12-13,16-17,20H,4-7,10-11,14-15H2,2H3/t16-/m1/s1. The Morgan fingerprint density at radius 3 is 2.67 bits per heavy atom. The zero-order valence-electron chi connectivity index (χ0n) is 13.1. The van der Waals surface area contributed by atoms with Crippen molar-refractivity contribution >= 4 is 0 Å². The summed E-state index contributed by atoms with van der Waals surface area (Å²) in [5.74, 6) is 4.23. The molecule has 0 amide bonds. The summed E-state index contributed by atoms with van der Waals surface area (Å²) in [5, 5.41) is 3.68. The van der Waals surface area contributed by atoms with Gasteiger partial charge in [0, 0.05) is 18.2 Å². The summed E-state index contributed by atoms with van der Waals surface area (Å²) in [6.45, 7) is 3.49. The molecule has 1 saturated carbocycles. The van der Waals surface area contributed by atoms with Crippen LogP contribution in [0.15, 0.2) is 24.3 Å². The molecule has 2 nitrogen and oxygen atoms in total. The lowest BCUT2D eigenvalue weighted by atomic mass is 9.93. The van der Waals surface area contributed by atoms with Crippen molar-refractivity contribution in [2.75, 3.05) is 6.61 Å². The SMILES string of the molecule is C#CCOc1ccccc1CN[C@H](C)C1CCCCCC1. The molecule has 0 saturated heterocycles. The Morgan fingerprint density at radius 1 is 1.24 bits per heavy atom. The highest BCUT2D eigenvalue weighted by molar-refractivity contribution is 5.33. The largest absolute Gasteiger partial charge is 0.481 e. The molecule has 1 N–H and O–H groups in total. The lowest BCUT2D eigenvalue weighted by Crippen LogP contribution is -2.33. The highest BCUT2D eigenvalue weighted by atomic mass is 16.5. The van der Waals surface area contributed by atoms with Gasteiger partial charge in [-0.05, 0) is 31.7 Å². The second kappa shape index (κ2) is 8.74. The van der Waals surface area contributed by atoms with Crippen molar-refractivity contribution < 1.29 is 4.74 Å². The Balaban J connectivity index is 1.88. The number of rotatable bonds is 6. The molecule has 0 aromatic heterocycles. The Labute approximate surface area is 129 Å². The maximum Gasteiger partial charge on any atom is 0.148 e. The summed E-state index contributed by atoms with van der Waals surface area (Å²) < 4.78 is 5.61. The second-order valence-electron chi connectivity index (χ2n) is 6.02. The first-order valence-electron chi connectivity index (χ1n) is 8.19. The van der Waals surface area contributed by atoms with E-state index in [9.17, 15) is 0 Å². The molecule has 0 heterocycles. The summed E-state index contributed by atoms with van der Waals surface area (Å²) in [5.41, 5.74) is 1.19. The average molecular weight is 285 g/mol. The summed E-state index contributed by atoms with van der Waals surface area (Å²) in [6, 6.07) is 8.70. The molecule has 2 heteroatoms. The van der Waals surface area contributed by atoms with Crippen LogP contribution in [0.25, 0.3) is 0 Å². The van der Waals surface area contributed by atoms with Gasteiger partial charge in [0.05, 0.1) is 0 Å². The van der Waals surface area contributed by atoms with Gasteiger partial charge in [0.15, 0.2) is 0 Å². The summed E-state index contributed by atoms with van der Waals surface area (Å²) in [7, 11) is 0. The third-order valence-corrected chi connectivity index (χ3v) is 4.51. The van der Waals surface area contributed by atoms with Crippen LogP contribution in [0.2, 0.25) is 0 Å². The molecule has 1 fully saturated rings. The van der Waals surface area contributed by atoms with Crippen LogP contribution in [0, 0.1) is 18.3 Å². The van der Waals surface area contributed by atoms with E-state index >= 15 is 0 Å². The zero-order valence-corrected chi connectivity index (χ0v) is 13.1. The predicted molar refractivity (Wildman–Crippen MR) is 88.3 cm³/mol. The van der Waals surface area contributed by atoms with Crippen LogP contribution in [-0.2, 0) is 6.54 Å². The van der Waals surface area contributed by atoms with Crippen LogP contribution in [0.1, 0.15) is 51.0 Å². The molecular weight excluding hydrogens is 258 g/mol. The van der Waals surface area contributed by atoms with Crippen molar-refractivity contribution in [2.45, 2.75) is 58.0 Å². The summed E-state index contributed by atoms with van der Waals surface area (Å²) in [4.78, 5) is 0. The zero-order chi connectivity index (χ0) is 14.9. The molecule has 21 heavy (non-hydrogen) atoms. The molecule has 1 aliphatic rings. The molecule has 0 bridgehead atoms. The molecule has 0 aliphatic heterocycles. The van der Waals surface area contributed by atoms with Crippen LogP contribution in [-0.4, -0.2) is 12.6 Å². The Kier molecular flexibility index (Phi) is 6.63. The average Bonchev–Trinajstić information content (AvgIpc) is 2.80. The molecule has 0 spiro atoms. The van der Waals surface area contributed by atoms with E-state index in [-0.39, 0.29) is 0 Å². The van der Waals surface area contributed by atoms with Crippen LogP contribution < -0.4 is 10.1 Å². The van der Waals surface area contributed by atoms with Crippen LogP contribution in [0.5, 0.6) is 5.75 Å². The van der Waals surface area contributed by atoms with Gasteiger partial charge in [0.2, 0.25) is 0 Å². The van der Waals surface area contributed by atoms with E-state index in [1.807, 2.05) is 12.1 Å². The van der Waals surface area contributed by atoms with E-state index in [1.54, 1.807) is 0 Å². The van der Waals surface area contributed by atoms with Gasteiger partial charge in [-0.15, -0.1) is 6.42 Å². The van der Waals surface area contributed by atoms with E-state index in [1.165, 1.54) is 44.1 Å². The molecular formula is C19H27NO. The van der Waals surface area contributed by atoms with Crippen LogP contribution in [0.3, 0.4) is 0 Å². The van der Waals surface area contributed by atoms with Crippen molar-refractivity contribution in [1.29, 1.82) is 0 Å². The van der Waals surface area contributed by atoms with Crippen molar-refractivity contribution in [1.82, 2.24) is 5.32 Å². The molecule has 114 valence electrons. The smallest absolute Gasteiger partial charge is 0.148 e. The number of benzene rings is 1. The summed E-state index contributed by atoms with van der Waals surface area (Å²) >= 11 is 0. The lowest BCUT2D eigenvalue weighted by Gasteiger charge is -2.24. The fraction of sp³-hybridized carbons (Fsp3) is 0.579. The first kappa shape index (κ1) is 15.9. The van der Waals surface area contributed by atoms with Gasteiger partial charge in [0.25, 0.3) is 0 Å². The van der Waals surface area contributed by atoms with Crippen molar-refractivity contribution in [3.8, 4) is 18.1 Å². The van der Waals surface area contributed by atoms with E-state index in [0.29, 0.717) is 12.6 Å². The first-order valence-corrected chi connectivity index (χ1v) is 8.19. The maximum atomic E-state index is 5.61. The van der Waals surface area contributed by atoms with Gasteiger partial charge in [-0.25, -0.2) is 0 Å². The molecule has 2 rings (SSSR count). The second-order valence-corrected chi connectivity index (χ2v) is 6.02. The van der Waals surface area contributed by atoms with Crippen molar-refractivity contribution in [3.05, 3.63) is 29.8 Å². The molecule has 1 aliphatic carbocycles. The van der Waals surface area contributed by atoms with E-state index in [2.05, 4.69) is 30.3 Å². The van der Waals surface area contributed by atoms with Crippen molar-refractivity contribution in [3.63, 3.8) is 0 Å². The topological polar surface area (TPSA) is 21.3 Å². The number of hydrogen-bond acceptors (Lipinski definition) is 2. The van der Waals surface area contributed by atoms with E-state index in [4.69, 9.17) is 11.2 Å². The fourth-order valence-electron chi connectivity index (χ4n) is 3.16. The minimum Gasteiger partial charge on any atom is -0.481 e. The van der Waals surface area contributed by atoms with Gasteiger partial charge in [0.1, 0.15) is 12.4 Å². The number of para-hydroxylation sites is 1. The van der Waals surface area contributed by atoms with Gasteiger partial charge in [-0.1, -0.05) is 49.8 Å².